The highest BCUT2D eigenvalue weighted by atomic mass is 32.2. The van der Waals surface area contributed by atoms with Crippen LogP contribution < -0.4 is 5.32 Å². The van der Waals surface area contributed by atoms with Gasteiger partial charge < -0.3 is 14.5 Å². The van der Waals surface area contributed by atoms with Gasteiger partial charge in [-0.3, -0.25) is 4.79 Å². The maximum absolute atomic E-state index is 12.7. The zero-order valence-electron chi connectivity index (χ0n) is 15.8. The first-order chi connectivity index (χ1) is 13.8. The topological polar surface area (TPSA) is 103 Å². The van der Waals surface area contributed by atoms with E-state index in [-0.39, 0.29) is 22.0 Å². The molecule has 3 rings (SSSR count). The van der Waals surface area contributed by atoms with E-state index in [1.54, 1.807) is 43.3 Å². The summed E-state index contributed by atoms with van der Waals surface area (Å²) in [6.45, 7) is 1.67. The molecular formula is C21H19NO6S. The Morgan fingerprint density at radius 3 is 2.45 bits per heavy atom. The molecule has 0 fully saturated rings. The second kappa shape index (κ2) is 8.32. The number of rotatable bonds is 6. The fraction of sp³-hybridized carbons (Fsp3) is 0.143. The van der Waals surface area contributed by atoms with Crippen molar-refractivity contribution in [3.63, 3.8) is 0 Å². The van der Waals surface area contributed by atoms with Crippen molar-refractivity contribution in [1.29, 1.82) is 0 Å². The summed E-state index contributed by atoms with van der Waals surface area (Å²) in [4.78, 5) is 24.7. The predicted octanol–water partition coefficient (Wildman–Crippen LogP) is 3.60. The van der Waals surface area contributed by atoms with Gasteiger partial charge in [0.1, 0.15) is 0 Å². The van der Waals surface area contributed by atoms with Gasteiger partial charge in [0.15, 0.2) is 15.6 Å². The van der Waals surface area contributed by atoms with Crippen molar-refractivity contribution in [3.05, 3.63) is 83.3 Å². The number of benzene rings is 2. The van der Waals surface area contributed by atoms with E-state index >= 15 is 0 Å². The van der Waals surface area contributed by atoms with Crippen LogP contribution in [-0.2, 0) is 20.3 Å². The molecule has 0 atom stereocenters. The molecule has 1 heterocycles. The third-order valence-electron chi connectivity index (χ3n) is 4.39. The van der Waals surface area contributed by atoms with Crippen molar-refractivity contribution in [3.8, 4) is 0 Å². The highest BCUT2D eigenvalue weighted by Crippen LogP contribution is 2.23. The first-order valence-electron chi connectivity index (χ1n) is 8.67. The van der Waals surface area contributed by atoms with Gasteiger partial charge in [-0.2, -0.15) is 0 Å². The molecule has 8 heteroatoms. The van der Waals surface area contributed by atoms with Crippen molar-refractivity contribution in [2.24, 2.45) is 0 Å². The number of hydrogen-bond donors (Lipinski definition) is 1. The van der Waals surface area contributed by atoms with E-state index in [0.29, 0.717) is 16.8 Å². The minimum absolute atomic E-state index is 0.104. The van der Waals surface area contributed by atoms with Gasteiger partial charge in [0.05, 0.1) is 29.6 Å². The van der Waals surface area contributed by atoms with Crippen LogP contribution in [0.5, 0.6) is 0 Å². The zero-order valence-corrected chi connectivity index (χ0v) is 16.7. The largest absolute Gasteiger partial charge is 0.465 e. The van der Waals surface area contributed by atoms with Crippen molar-refractivity contribution in [1.82, 2.24) is 0 Å². The third kappa shape index (κ3) is 4.38. The van der Waals surface area contributed by atoms with Crippen molar-refractivity contribution >= 4 is 27.4 Å². The Hall–Kier alpha value is -3.39. The van der Waals surface area contributed by atoms with Gasteiger partial charge >= 0.3 is 5.97 Å². The molecule has 150 valence electrons. The maximum atomic E-state index is 12.7. The van der Waals surface area contributed by atoms with Gasteiger partial charge in [0.2, 0.25) is 0 Å². The fourth-order valence-electron chi connectivity index (χ4n) is 2.85. The zero-order chi connectivity index (χ0) is 21.0. The molecule has 0 aliphatic carbocycles. The van der Waals surface area contributed by atoms with Crippen LogP contribution in [0, 0.1) is 6.92 Å². The highest BCUT2D eigenvalue weighted by Gasteiger charge is 2.23. The number of nitrogens with one attached hydrogen (secondary N) is 1. The molecule has 0 bridgehead atoms. The van der Waals surface area contributed by atoms with Gasteiger partial charge in [0, 0.05) is 11.3 Å². The van der Waals surface area contributed by atoms with E-state index < -0.39 is 21.7 Å². The average molecular weight is 413 g/mol. The van der Waals surface area contributed by atoms with E-state index in [9.17, 15) is 18.0 Å². The van der Waals surface area contributed by atoms with E-state index in [1.165, 1.54) is 31.6 Å². The molecule has 0 unspecified atom stereocenters. The van der Waals surface area contributed by atoms with E-state index in [0.717, 1.165) is 0 Å². The molecular weight excluding hydrogens is 394 g/mol. The molecule has 1 N–H and O–H groups in total. The highest BCUT2D eigenvalue weighted by molar-refractivity contribution is 7.90. The normalized spacial score (nSPS) is 11.1. The lowest BCUT2D eigenvalue weighted by molar-refractivity contribution is 0.0599. The number of carbonyl (C=O) groups is 2. The standard InChI is InChI=1S/C21H19NO6S/c1-14-17(21(24)27-2)9-6-10-18(14)22-20(23)19-15(11-12-28-19)13-29(25,26)16-7-4-3-5-8-16/h3-12H,13H2,1-2H3,(H,22,23). The maximum Gasteiger partial charge on any atom is 0.338 e. The first-order valence-corrected chi connectivity index (χ1v) is 10.3. The van der Waals surface area contributed by atoms with Crippen LogP contribution in [-0.4, -0.2) is 27.4 Å². The minimum atomic E-state index is -3.64. The lowest BCUT2D eigenvalue weighted by atomic mass is 10.1. The van der Waals surface area contributed by atoms with Crippen LogP contribution in [0.25, 0.3) is 0 Å². The third-order valence-corrected chi connectivity index (χ3v) is 6.07. The Morgan fingerprint density at radius 2 is 1.76 bits per heavy atom. The molecule has 7 nitrogen and oxygen atoms in total. The minimum Gasteiger partial charge on any atom is -0.465 e. The number of amides is 1. The van der Waals surface area contributed by atoms with Crippen LogP contribution in [0.3, 0.4) is 0 Å². The smallest absolute Gasteiger partial charge is 0.338 e. The molecule has 3 aromatic rings. The van der Waals surface area contributed by atoms with E-state index in [4.69, 9.17) is 9.15 Å². The number of sulfone groups is 1. The molecule has 1 aromatic heterocycles. The number of esters is 1. The quantitative estimate of drug-likeness (QED) is 0.620. The summed E-state index contributed by atoms with van der Waals surface area (Å²) in [7, 11) is -2.37. The SMILES string of the molecule is COC(=O)c1cccc(NC(=O)c2occc2CS(=O)(=O)c2ccccc2)c1C. The van der Waals surface area contributed by atoms with E-state index in [2.05, 4.69) is 5.32 Å². The molecule has 0 saturated heterocycles. The monoisotopic (exact) mass is 413 g/mol. The van der Waals surface area contributed by atoms with Gasteiger partial charge in [-0.05, 0) is 42.8 Å². The van der Waals surface area contributed by atoms with E-state index in [1.807, 2.05) is 0 Å². The van der Waals surface area contributed by atoms with Crippen LogP contribution in [0.2, 0.25) is 0 Å². The summed E-state index contributed by atoms with van der Waals surface area (Å²) in [5.74, 6) is -1.62. The Labute approximate surface area is 168 Å². The van der Waals surface area contributed by atoms with Crippen LogP contribution >= 0.6 is 0 Å². The molecule has 29 heavy (non-hydrogen) atoms. The van der Waals surface area contributed by atoms with Crippen LogP contribution in [0.15, 0.2) is 70.2 Å². The lowest BCUT2D eigenvalue weighted by Crippen LogP contribution is -2.16. The Balaban J connectivity index is 1.85. The number of anilines is 1. The lowest BCUT2D eigenvalue weighted by Gasteiger charge is -2.11. The second-order valence-corrected chi connectivity index (χ2v) is 8.26. The average Bonchev–Trinajstić information content (AvgIpc) is 3.17. The summed E-state index contributed by atoms with van der Waals surface area (Å²) < 4.78 is 35.2. The summed E-state index contributed by atoms with van der Waals surface area (Å²) in [6.07, 6.45) is 1.27. The molecule has 0 spiro atoms. The molecule has 0 aliphatic rings. The summed E-state index contributed by atoms with van der Waals surface area (Å²) >= 11 is 0. The molecule has 1 amide bonds. The van der Waals surface area contributed by atoms with Crippen molar-refractivity contribution < 1.29 is 27.2 Å². The van der Waals surface area contributed by atoms with Crippen molar-refractivity contribution in [2.75, 3.05) is 12.4 Å². The summed E-state index contributed by atoms with van der Waals surface area (Å²) in [5, 5.41) is 2.66. The van der Waals surface area contributed by atoms with Gasteiger partial charge in [-0.1, -0.05) is 24.3 Å². The summed E-state index contributed by atoms with van der Waals surface area (Å²) in [6, 6.07) is 14.3. The Kier molecular flexibility index (Phi) is 5.84. The van der Waals surface area contributed by atoms with Crippen LogP contribution in [0.1, 0.15) is 32.0 Å². The molecule has 0 aliphatic heterocycles. The fourth-order valence-corrected chi connectivity index (χ4v) is 4.22. The Bertz CT molecular complexity index is 1150. The number of methoxy groups -OCH3 is 1. The van der Waals surface area contributed by atoms with Gasteiger partial charge in [0.25, 0.3) is 5.91 Å². The molecule has 0 radical (unpaired) electrons. The van der Waals surface area contributed by atoms with Gasteiger partial charge in [-0.25, -0.2) is 13.2 Å². The number of carbonyl (C=O) groups excluding carboxylic acids is 2. The number of ether oxygens (including phenoxy) is 1. The van der Waals surface area contributed by atoms with Crippen molar-refractivity contribution in [2.45, 2.75) is 17.6 Å². The molecule has 2 aromatic carbocycles. The second-order valence-electron chi connectivity index (χ2n) is 6.27. The first kappa shape index (κ1) is 20.3. The number of hydrogen-bond acceptors (Lipinski definition) is 6. The van der Waals surface area contributed by atoms with Gasteiger partial charge in [-0.15, -0.1) is 0 Å². The Morgan fingerprint density at radius 1 is 1.03 bits per heavy atom. The predicted molar refractivity (Wildman–Crippen MR) is 107 cm³/mol. The molecule has 0 saturated carbocycles. The number of furan rings is 1. The summed E-state index contributed by atoms with van der Waals surface area (Å²) in [5.41, 5.74) is 1.48. The van der Waals surface area contributed by atoms with Crippen LogP contribution in [0.4, 0.5) is 5.69 Å².